The van der Waals surface area contributed by atoms with Gasteiger partial charge in [0.25, 0.3) is 0 Å². The lowest BCUT2D eigenvalue weighted by Crippen LogP contribution is -2.14. The van der Waals surface area contributed by atoms with E-state index in [0.717, 1.165) is 30.0 Å². The third-order valence-corrected chi connectivity index (χ3v) is 2.74. The van der Waals surface area contributed by atoms with Crippen molar-refractivity contribution in [2.45, 2.75) is 26.5 Å². The summed E-state index contributed by atoms with van der Waals surface area (Å²) in [6, 6.07) is 6.46. The molecule has 0 aliphatic rings. The average Bonchev–Trinajstić information content (AvgIpc) is 2.88. The van der Waals surface area contributed by atoms with Gasteiger partial charge in [-0.1, -0.05) is 6.92 Å². The van der Waals surface area contributed by atoms with Crippen molar-refractivity contribution in [2.75, 3.05) is 6.54 Å². The molecule has 0 aliphatic carbocycles. The number of aromatic amines is 1. The summed E-state index contributed by atoms with van der Waals surface area (Å²) < 4.78 is 28.4. The van der Waals surface area contributed by atoms with Crippen LogP contribution in [0, 0.1) is 0 Å². The number of halogens is 2. The highest BCUT2D eigenvalue weighted by Gasteiger charge is 2.06. The minimum absolute atomic E-state index is 0.146. The number of hydrogen-bond acceptors (Lipinski definition) is 3. The third-order valence-electron chi connectivity index (χ3n) is 2.74. The Hall–Kier alpha value is -1.95. The summed E-state index contributed by atoms with van der Waals surface area (Å²) in [5, 5.41) is 3.25. The largest absolute Gasteiger partial charge is 0.435 e. The molecule has 2 aromatic rings. The number of hydrogen-bond donors (Lipinski definition) is 2. The number of rotatable bonds is 7. The van der Waals surface area contributed by atoms with Crippen molar-refractivity contribution >= 4 is 0 Å². The average molecular weight is 281 g/mol. The van der Waals surface area contributed by atoms with Crippen molar-refractivity contribution < 1.29 is 13.5 Å². The molecule has 1 heterocycles. The fourth-order valence-electron chi connectivity index (χ4n) is 1.80. The Morgan fingerprint density at radius 3 is 2.70 bits per heavy atom. The van der Waals surface area contributed by atoms with Gasteiger partial charge in [0.15, 0.2) is 0 Å². The predicted molar refractivity (Wildman–Crippen MR) is 72.7 cm³/mol. The standard InChI is InChI=1S/C14H17F2N3O/c1-2-7-17-9-13-18-8-12(19-13)10-3-5-11(6-4-10)20-14(15)16/h3-6,8,14,17H,2,7,9H2,1H3,(H,18,19). The number of nitrogens with zero attached hydrogens (tertiary/aromatic N) is 1. The lowest BCUT2D eigenvalue weighted by atomic mass is 10.2. The Bertz CT molecular complexity index is 525. The van der Waals surface area contributed by atoms with Gasteiger partial charge in [0.2, 0.25) is 0 Å². The minimum atomic E-state index is -2.80. The van der Waals surface area contributed by atoms with Crippen molar-refractivity contribution in [1.82, 2.24) is 15.3 Å². The molecule has 0 amide bonds. The van der Waals surface area contributed by atoms with Gasteiger partial charge in [-0.2, -0.15) is 8.78 Å². The second kappa shape index (κ2) is 7.00. The predicted octanol–water partition coefficient (Wildman–Crippen LogP) is 3.18. The molecule has 0 atom stereocenters. The maximum atomic E-state index is 12.0. The Morgan fingerprint density at radius 1 is 1.30 bits per heavy atom. The zero-order valence-corrected chi connectivity index (χ0v) is 11.2. The number of alkyl halides is 2. The molecule has 0 unspecified atom stereocenters. The van der Waals surface area contributed by atoms with E-state index in [-0.39, 0.29) is 5.75 Å². The molecule has 0 radical (unpaired) electrons. The van der Waals surface area contributed by atoms with Crippen LogP contribution in [-0.2, 0) is 6.54 Å². The molecule has 0 fully saturated rings. The van der Waals surface area contributed by atoms with Gasteiger partial charge in [-0.15, -0.1) is 0 Å². The van der Waals surface area contributed by atoms with Gasteiger partial charge < -0.3 is 15.0 Å². The highest BCUT2D eigenvalue weighted by Crippen LogP contribution is 2.21. The van der Waals surface area contributed by atoms with E-state index >= 15 is 0 Å². The normalized spacial score (nSPS) is 11.0. The number of ether oxygens (including phenoxy) is 1. The quantitative estimate of drug-likeness (QED) is 0.766. The van der Waals surface area contributed by atoms with Crippen molar-refractivity contribution in [1.29, 1.82) is 0 Å². The molecule has 0 saturated heterocycles. The Balaban J connectivity index is 2.00. The van der Waals surface area contributed by atoms with E-state index in [4.69, 9.17) is 0 Å². The molecule has 108 valence electrons. The highest BCUT2D eigenvalue weighted by molar-refractivity contribution is 5.59. The van der Waals surface area contributed by atoms with E-state index in [0.29, 0.717) is 6.54 Å². The van der Waals surface area contributed by atoms with Crippen LogP contribution in [0.5, 0.6) is 5.75 Å². The van der Waals surface area contributed by atoms with Gasteiger partial charge in [-0.05, 0) is 42.8 Å². The second-order valence-corrected chi connectivity index (χ2v) is 4.32. The first-order chi connectivity index (χ1) is 9.69. The van der Waals surface area contributed by atoms with Crippen LogP contribution >= 0.6 is 0 Å². The molecule has 4 nitrogen and oxygen atoms in total. The summed E-state index contributed by atoms with van der Waals surface area (Å²) in [5.74, 6) is 0.995. The fourth-order valence-corrected chi connectivity index (χ4v) is 1.80. The van der Waals surface area contributed by atoms with Crippen molar-refractivity contribution in [3.05, 3.63) is 36.3 Å². The molecule has 2 rings (SSSR count). The van der Waals surface area contributed by atoms with Crippen LogP contribution in [0.25, 0.3) is 11.3 Å². The zero-order valence-electron chi connectivity index (χ0n) is 11.2. The fraction of sp³-hybridized carbons (Fsp3) is 0.357. The van der Waals surface area contributed by atoms with Crippen LogP contribution in [0.2, 0.25) is 0 Å². The minimum Gasteiger partial charge on any atom is -0.435 e. The van der Waals surface area contributed by atoms with E-state index < -0.39 is 6.61 Å². The van der Waals surface area contributed by atoms with E-state index in [2.05, 4.69) is 26.9 Å². The van der Waals surface area contributed by atoms with Crippen LogP contribution in [0.3, 0.4) is 0 Å². The molecule has 0 saturated carbocycles. The zero-order chi connectivity index (χ0) is 14.4. The summed E-state index contributed by atoms with van der Waals surface area (Å²) in [7, 11) is 0. The SMILES string of the molecule is CCCNCc1ncc(-c2ccc(OC(F)F)cc2)[nH]1. The van der Waals surface area contributed by atoms with Crippen LogP contribution in [-0.4, -0.2) is 23.1 Å². The summed E-state index contributed by atoms with van der Waals surface area (Å²) in [6.45, 7) is 0.920. The highest BCUT2D eigenvalue weighted by atomic mass is 19.3. The molecular formula is C14H17F2N3O. The maximum Gasteiger partial charge on any atom is 0.387 e. The number of imidazole rings is 1. The number of benzene rings is 1. The van der Waals surface area contributed by atoms with E-state index in [1.165, 1.54) is 12.1 Å². The molecular weight excluding hydrogens is 264 g/mol. The molecule has 0 bridgehead atoms. The Morgan fingerprint density at radius 2 is 2.05 bits per heavy atom. The van der Waals surface area contributed by atoms with Gasteiger partial charge in [0.05, 0.1) is 18.4 Å². The molecule has 1 aromatic carbocycles. The first-order valence-electron chi connectivity index (χ1n) is 6.49. The van der Waals surface area contributed by atoms with Crippen LogP contribution in [0.4, 0.5) is 8.78 Å². The topological polar surface area (TPSA) is 49.9 Å². The first kappa shape index (κ1) is 14.5. The lowest BCUT2D eigenvalue weighted by Gasteiger charge is -2.04. The molecule has 6 heteroatoms. The number of aromatic nitrogens is 2. The third kappa shape index (κ3) is 4.03. The Kier molecular flexibility index (Phi) is 5.06. The Labute approximate surface area is 116 Å². The van der Waals surface area contributed by atoms with Crippen LogP contribution in [0.15, 0.2) is 30.5 Å². The van der Waals surface area contributed by atoms with E-state index in [1.807, 2.05) is 0 Å². The first-order valence-corrected chi connectivity index (χ1v) is 6.49. The number of nitrogens with one attached hydrogen (secondary N) is 2. The molecule has 20 heavy (non-hydrogen) atoms. The van der Waals surface area contributed by atoms with Crippen molar-refractivity contribution in [2.24, 2.45) is 0 Å². The summed E-state index contributed by atoms with van der Waals surface area (Å²) in [6.07, 6.45) is 2.80. The molecule has 0 aliphatic heterocycles. The summed E-state index contributed by atoms with van der Waals surface area (Å²) >= 11 is 0. The van der Waals surface area contributed by atoms with Crippen molar-refractivity contribution in [3.63, 3.8) is 0 Å². The molecule has 0 spiro atoms. The second-order valence-electron chi connectivity index (χ2n) is 4.32. The maximum absolute atomic E-state index is 12.0. The monoisotopic (exact) mass is 281 g/mol. The number of H-pyrrole nitrogens is 1. The molecule has 2 N–H and O–H groups in total. The van der Waals surface area contributed by atoms with Gasteiger partial charge >= 0.3 is 6.61 Å². The van der Waals surface area contributed by atoms with Gasteiger partial charge in [-0.3, -0.25) is 0 Å². The van der Waals surface area contributed by atoms with Crippen LogP contribution < -0.4 is 10.1 Å². The van der Waals surface area contributed by atoms with E-state index in [1.54, 1.807) is 18.3 Å². The van der Waals surface area contributed by atoms with Crippen molar-refractivity contribution in [3.8, 4) is 17.0 Å². The van der Waals surface area contributed by atoms with Gasteiger partial charge in [0.1, 0.15) is 11.6 Å². The van der Waals surface area contributed by atoms with Crippen LogP contribution in [0.1, 0.15) is 19.2 Å². The van der Waals surface area contributed by atoms with E-state index in [9.17, 15) is 8.78 Å². The molecule has 1 aromatic heterocycles. The summed E-state index contributed by atoms with van der Waals surface area (Å²) in [4.78, 5) is 7.45. The lowest BCUT2D eigenvalue weighted by molar-refractivity contribution is -0.0498. The summed E-state index contributed by atoms with van der Waals surface area (Å²) in [5.41, 5.74) is 1.72. The van der Waals surface area contributed by atoms with Gasteiger partial charge in [-0.25, -0.2) is 4.98 Å². The van der Waals surface area contributed by atoms with Gasteiger partial charge in [0, 0.05) is 0 Å². The smallest absolute Gasteiger partial charge is 0.387 e.